The first-order valence-corrected chi connectivity index (χ1v) is 5.55. The molecule has 0 aliphatic rings. The molecule has 0 spiro atoms. The molecule has 1 aromatic carbocycles. The number of benzene rings is 1. The van der Waals surface area contributed by atoms with E-state index >= 15 is 0 Å². The number of halogens is 1. The highest BCUT2D eigenvalue weighted by atomic mass is 79.9. The number of ether oxygens (including phenoxy) is 2. The maximum absolute atomic E-state index is 5.21. The van der Waals surface area contributed by atoms with Gasteiger partial charge in [-0.2, -0.15) is 0 Å². The molecular formula is C11H16BrNO2. The number of anilines is 1. The molecule has 0 aromatic heterocycles. The lowest BCUT2D eigenvalue weighted by Gasteiger charge is -2.15. The molecule has 0 bridgehead atoms. The Kier molecular flexibility index (Phi) is 4.91. The van der Waals surface area contributed by atoms with Gasteiger partial charge in [0.05, 0.1) is 18.2 Å². The summed E-state index contributed by atoms with van der Waals surface area (Å²) in [5.41, 5.74) is 1.03. The quantitative estimate of drug-likeness (QED) is 0.895. The first-order chi connectivity index (χ1) is 7.17. The van der Waals surface area contributed by atoms with Gasteiger partial charge in [-0.1, -0.05) is 0 Å². The minimum absolute atomic E-state index is 0.279. The van der Waals surface area contributed by atoms with E-state index in [1.54, 1.807) is 14.2 Å². The summed E-state index contributed by atoms with van der Waals surface area (Å²) in [6.45, 7) is 2.75. The number of hydrogen-bond donors (Lipinski definition) is 1. The molecule has 84 valence electrons. The van der Waals surface area contributed by atoms with Crippen LogP contribution in [0.1, 0.15) is 6.92 Å². The van der Waals surface area contributed by atoms with Crippen molar-refractivity contribution in [1.29, 1.82) is 0 Å². The van der Waals surface area contributed by atoms with Gasteiger partial charge < -0.3 is 14.8 Å². The molecule has 0 saturated carbocycles. The predicted molar refractivity (Wildman–Crippen MR) is 65.7 cm³/mol. The molecule has 0 fully saturated rings. The lowest BCUT2D eigenvalue weighted by Crippen LogP contribution is -2.20. The van der Waals surface area contributed by atoms with Crippen molar-refractivity contribution in [2.24, 2.45) is 0 Å². The van der Waals surface area contributed by atoms with Crippen LogP contribution in [-0.2, 0) is 4.74 Å². The molecule has 0 radical (unpaired) electrons. The average molecular weight is 274 g/mol. The van der Waals surface area contributed by atoms with Gasteiger partial charge >= 0.3 is 0 Å². The van der Waals surface area contributed by atoms with Crippen molar-refractivity contribution in [1.82, 2.24) is 0 Å². The van der Waals surface area contributed by atoms with Gasteiger partial charge in [0.15, 0.2) is 0 Å². The van der Waals surface area contributed by atoms with E-state index in [4.69, 9.17) is 9.47 Å². The van der Waals surface area contributed by atoms with Gasteiger partial charge in [0, 0.05) is 24.9 Å². The van der Waals surface area contributed by atoms with E-state index in [0.717, 1.165) is 15.9 Å². The van der Waals surface area contributed by atoms with E-state index < -0.39 is 0 Å². The molecule has 0 unspecified atom stereocenters. The number of rotatable bonds is 5. The second-order valence-electron chi connectivity index (χ2n) is 3.35. The van der Waals surface area contributed by atoms with Crippen molar-refractivity contribution in [3.8, 4) is 5.75 Å². The summed E-state index contributed by atoms with van der Waals surface area (Å²) < 4.78 is 11.2. The Morgan fingerprint density at radius 1 is 1.40 bits per heavy atom. The molecule has 3 nitrogen and oxygen atoms in total. The normalized spacial score (nSPS) is 12.3. The zero-order valence-corrected chi connectivity index (χ0v) is 10.8. The van der Waals surface area contributed by atoms with E-state index in [1.807, 2.05) is 18.2 Å². The van der Waals surface area contributed by atoms with Gasteiger partial charge in [0.1, 0.15) is 5.75 Å². The van der Waals surface area contributed by atoms with Crippen LogP contribution >= 0.6 is 15.9 Å². The van der Waals surface area contributed by atoms with E-state index in [1.165, 1.54) is 0 Å². The Bertz CT molecular complexity index is 317. The van der Waals surface area contributed by atoms with Gasteiger partial charge in [-0.05, 0) is 35.0 Å². The van der Waals surface area contributed by atoms with Gasteiger partial charge in [-0.25, -0.2) is 0 Å². The van der Waals surface area contributed by atoms with Crippen LogP contribution in [0.25, 0.3) is 0 Å². The summed E-state index contributed by atoms with van der Waals surface area (Å²) in [4.78, 5) is 0. The summed E-state index contributed by atoms with van der Waals surface area (Å²) in [6, 6.07) is 6.19. The summed E-state index contributed by atoms with van der Waals surface area (Å²) in [5, 5.41) is 3.32. The first-order valence-electron chi connectivity index (χ1n) is 4.76. The van der Waals surface area contributed by atoms with Crippen LogP contribution in [0.2, 0.25) is 0 Å². The zero-order chi connectivity index (χ0) is 11.3. The Labute approximate surface area is 98.9 Å². The minimum Gasteiger partial charge on any atom is -0.495 e. The lowest BCUT2D eigenvalue weighted by atomic mass is 10.2. The van der Waals surface area contributed by atoms with Crippen LogP contribution in [-0.4, -0.2) is 26.9 Å². The molecular weight excluding hydrogens is 258 g/mol. The summed E-state index contributed by atoms with van der Waals surface area (Å²) in [5.74, 6) is 0.824. The van der Waals surface area contributed by atoms with Crippen LogP contribution in [0, 0.1) is 0 Å². The molecule has 0 heterocycles. The molecule has 1 atom stereocenters. The van der Waals surface area contributed by atoms with Crippen LogP contribution in [0.4, 0.5) is 5.69 Å². The predicted octanol–water partition coefficient (Wildman–Crippen LogP) is 2.90. The molecule has 1 N–H and O–H groups in total. The lowest BCUT2D eigenvalue weighted by molar-refractivity contribution is 0.190. The molecule has 4 heteroatoms. The highest BCUT2D eigenvalue weighted by Gasteiger charge is 2.04. The smallest absolute Gasteiger partial charge is 0.135 e. The van der Waals surface area contributed by atoms with E-state index in [2.05, 4.69) is 28.2 Å². The molecule has 1 aromatic rings. The van der Waals surface area contributed by atoms with Crippen molar-refractivity contribution in [2.45, 2.75) is 13.0 Å². The van der Waals surface area contributed by atoms with Gasteiger partial charge in [0.2, 0.25) is 0 Å². The second kappa shape index (κ2) is 5.98. The van der Waals surface area contributed by atoms with Crippen LogP contribution < -0.4 is 10.1 Å². The third-order valence-electron chi connectivity index (χ3n) is 1.98. The van der Waals surface area contributed by atoms with E-state index in [-0.39, 0.29) is 6.04 Å². The van der Waals surface area contributed by atoms with Crippen LogP contribution in [0.3, 0.4) is 0 Å². The Balaban J connectivity index is 2.69. The molecule has 15 heavy (non-hydrogen) atoms. The van der Waals surface area contributed by atoms with Crippen molar-refractivity contribution in [3.05, 3.63) is 22.7 Å². The SMILES string of the molecule is COC[C@H](C)Nc1ccc(Br)c(OC)c1. The highest BCUT2D eigenvalue weighted by molar-refractivity contribution is 9.10. The fourth-order valence-corrected chi connectivity index (χ4v) is 1.73. The molecule has 0 aliphatic heterocycles. The van der Waals surface area contributed by atoms with Crippen molar-refractivity contribution in [3.63, 3.8) is 0 Å². The zero-order valence-electron chi connectivity index (χ0n) is 9.21. The average Bonchev–Trinajstić information content (AvgIpc) is 2.21. The Morgan fingerprint density at radius 3 is 2.73 bits per heavy atom. The largest absolute Gasteiger partial charge is 0.495 e. The highest BCUT2D eigenvalue weighted by Crippen LogP contribution is 2.27. The van der Waals surface area contributed by atoms with Crippen LogP contribution in [0.15, 0.2) is 22.7 Å². The molecule has 0 saturated heterocycles. The van der Waals surface area contributed by atoms with Crippen molar-refractivity contribution >= 4 is 21.6 Å². The summed E-state index contributed by atoms with van der Waals surface area (Å²) >= 11 is 3.41. The maximum Gasteiger partial charge on any atom is 0.135 e. The minimum atomic E-state index is 0.279. The Hall–Kier alpha value is -0.740. The fraction of sp³-hybridized carbons (Fsp3) is 0.455. The van der Waals surface area contributed by atoms with Gasteiger partial charge in [-0.15, -0.1) is 0 Å². The number of methoxy groups -OCH3 is 2. The topological polar surface area (TPSA) is 30.5 Å². The third kappa shape index (κ3) is 3.72. The molecule has 1 rings (SSSR count). The maximum atomic E-state index is 5.21. The van der Waals surface area contributed by atoms with Gasteiger partial charge in [0.25, 0.3) is 0 Å². The van der Waals surface area contributed by atoms with Crippen molar-refractivity contribution < 1.29 is 9.47 Å². The van der Waals surface area contributed by atoms with E-state index in [0.29, 0.717) is 6.61 Å². The van der Waals surface area contributed by atoms with Gasteiger partial charge in [-0.3, -0.25) is 0 Å². The number of nitrogens with one attached hydrogen (secondary N) is 1. The van der Waals surface area contributed by atoms with E-state index in [9.17, 15) is 0 Å². The second-order valence-corrected chi connectivity index (χ2v) is 4.20. The standard InChI is InChI=1S/C11H16BrNO2/c1-8(7-14-2)13-9-4-5-10(12)11(6-9)15-3/h4-6,8,13H,7H2,1-3H3/t8-/m0/s1. The number of hydrogen-bond acceptors (Lipinski definition) is 3. The fourth-order valence-electron chi connectivity index (χ4n) is 1.33. The summed E-state index contributed by atoms with van der Waals surface area (Å²) in [6.07, 6.45) is 0. The molecule has 0 amide bonds. The summed E-state index contributed by atoms with van der Waals surface area (Å²) in [7, 11) is 3.35. The van der Waals surface area contributed by atoms with Crippen molar-refractivity contribution in [2.75, 3.05) is 26.1 Å². The monoisotopic (exact) mass is 273 g/mol. The Morgan fingerprint density at radius 2 is 2.13 bits per heavy atom. The molecule has 0 aliphatic carbocycles. The van der Waals surface area contributed by atoms with Crippen LogP contribution in [0.5, 0.6) is 5.75 Å². The first kappa shape index (κ1) is 12.3. The third-order valence-corrected chi connectivity index (χ3v) is 2.64.